The Bertz CT molecular complexity index is 876. The Morgan fingerprint density at radius 2 is 2.17 bits per heavy atom. The smallest absolute Gasteiger partial charge is 0.407 e. The zero-order chi connectivity index (χ0) is 17.1. The first-order valence-electron chi connectivity index (χ1n) is 7.18. The third-order valence-electron chi connectivity index (χ3n) is 4.28. The highest BCUT2D eigenvalue weighted by Crippen LogP contribution is 2.36. The van der Waals surface area contributed by atoms with Crippen molar-refractivity contribution in [1.82, 2.24) is 10.2 Å². The molecule has 3 heterocycles. The van der Waals surface area contributed by atoms with Crippen LogP contribution in [0.25, 0.3) is 10.1 Å². The van der Waals surface area contributed by atoms with Gasteiger partial charge in [0.1, 0.15) is 23.8 Å². The number of alkyl carbamates (subject to hydrolysis) is 1. The first kappa shape index (κ1) is 15.3. The number of thiophene rings is 1. The number of benzene rings is 1. The van der Waals surface area contributed by atoms with E-state index < -0.39 is 29.9 Å². The molecule has 6 nitrogen and oxygen atoms in total. The third kappa shape index (κ3) is 2.15. The molecule has 2 aliphatic heterocycles. The maximum Gasteiger partial charge on any atom is 0.407 e. The molecule has 9 heteroatoms. The maximum absolute atomic E-state index is 14.0. The summed E-state index contributed by atoms with van der Waals surface area (Å²) in [6.07, 6.45) is -0.516. The lowest BCUT2D eigenvalue weighted by atomic mass is 9.91. The molecule has 1 aromatic heterocycles. The summed E-state index contributed by atoms with van der Waals surface area (Å²) >= 11 is 0.944. The topological polar surface area (TPSA) is 78.9 Å². The van der Waals surface area contributed by atoms with E-state index in [0.717, 1.165) is 23.5 Å². The minimum atomic E-state index is -0.805. The number of likely N-dealkylation sites (tertiary alicyclic amines) is 1. The number of nitrogens with one attached hydrogen (secondary N) is 1. The molecule has 0 unspecified atom stereocenters. The molecule has 0 saturated carbocycles. The molecule has 2 fully saturated rings. The summed E-state index contributed by atoms with van der Waals surface area (Å²) in [6.45, 7) is 0.207. The maximum atomic E-state index is 14.0. The van der Waals surface area contributed by atoms with E-state index in [0.29, 0.717) is 0 Å². The molecule has 2 aromatic rings. The van der Waals surface area contributed by atoms with Crippen LogP contribution in [0.3, 0.4) is 0 Å². The van der Waals surface area contributed by atoms with Gasteiger partial charge in [-0.25, -0.2) is 13.6 Å². The molecule has 0 atom stereocenters. The van der Waals surface area contributed by atoms with Crippen molar-refractivity contribution in [3.05, 3.63) is 34.2 Å². The van der Waals surface area contributed by atoms with Gasteiger partial charge in [0.25, 0.3) is 5.91 Å². The average molecular weight is 354 g/mol. The van der Waals surface area contributed by atoms with E-state index in [2.05, 4.69) is 5.32 Å². The van der Waals surface area contributed by atoms with Gasteiger partial charge in [0.2, 0.25) is 0 Å². The highest BCUT2D eigenvalue weighted by Gasteiger charge is 2.51. The highest BCUT2D eigenvalue weighted by molar-refractivity contribution is 7.21. The Morgan fingerprint density at radius 1 is 1.42 bits per heavy atom. The lowest BCUT2D eigenvalue weighted by Crippen LogP contribution is -2.69. The zero-order valence-corrected chi connectivity index (χ0v) is 13.1. The Labute approximate surface area is 138 Å². The van der Waals surface area contributed by atoms with Crippen molar-refractivity contribution >= 4 is 33.4 Å². The van der Waals surface area contributed by atoms with Crippen molar-refractivity contribution in [3.8, 4) is 0 Å². The number of cyclic esters (lactones) is 1. The zero-order valence-electron chi connectivity index (χ0n) is 12.3. The predicted octanol–water partition coefficient (Wildman–Crippen LogP) is 1.61. The molecule has 2 amide bonds. The standard InChI is InChI=1S/C15H12F2N2O4S/c16-7-1-9(17)11-8(3-20)12(24-10(11)2-7)13(21)19-4-15(5-19)6-23-14(22)18-15/h1-2,20H,3-6H2,(H,18,22). The van der Waals surface area contributed by atoms with E-state index in [-0.39, 0.29) is 46.1 Å². The summed E-state index contributed by atoms with van der Waals surface area (Å²) in [7, 11) is 0. The van der Waals surface area contributed by atoms with Crippen LogP contribution in [-0.2, 0) is 11.3 Å². The van der Waals surface area contributed by atoms with Crippen LogP contribution in [0.2, 0.25) is 0 Å². The highest BCUT2D eigenvalue weighted by atomic mass is 32.1. The van der Waals surface area contributed by atoms with Gasteiger partial charge in [-0.2, -0.15) is 0 Å². The van der Waals surface area contributed by atoms with Crippen LogP contribution < -0.4 is 5.32 Å². The summed E-state index contributed by atoms with van der Waals surface area (Å²) < 4.78 is 32.5. The van der Waals surface area contributed by atoms with Gasteiger partial charge in [0.05, 0.1) is 11.5 Å². The fourth-order valence-electron chi connectivity index (χ4n) is 3.17. The van der Waals surface area contributed by atoms with E-state index in [9.17, 15) is 23.5 Å². The normalized spacial score (nSPS) is 18.6. The lowest BCUT2D eigenvalue weighted by Gasteiger charge is -2.45. The van der Waals surface area contributed by atoms with E-state index in [1.165, 1.54) is 4.90 Å². The molecule has 4 rings (SSSR count). The molecule has 2 saturated heterocycles. The first-order valence-corrected chi connectivity index (χ1v) is 7.99. The molecular weight excluding hydrogens is 342 g/mol. The van der Waals surface area contributed by atoms with Crippen molar-refractivity contribution in [1.29, 1.82) is 0 Å². The van der Waals surface area contributed by atoms with Crippen LogP contribution in [0.4, 0.5) is 13.6 Å². The Morgan fingerprint density at radius 3 is 2.79 bits per heavy atom. The molecule has 24 heavy (non-hydrogen) atoms. The van der Waals surface area contributed by atoms with Crippen molar-refractivity contribution < 1.29 is 28.2 Å². The third-order valence-corrected chi connectivity index (χ3v) is 5.45. The summed E-state index contributed by atoms with van der Waals surface area (Å²) in [4.78, 5) is 25.4. The van der Waals surface area contributed by atoms with Gasteiger partial charge in [-0.1, -0.05) is 0 Å². The van der Waals surface area contributed by atoms with Crippen molar-refractivity contribution in [3.63, 3.8) is 0 Å². The van der Waals surface area contributed by atoms with Crippen LogP contribution >= 0.6 is 11.3 Å². The molecule has 0 bridgehead atoms. The number of carbonyl (C=O) groups excluding carboxylic acids is 2. The Hall–Kier alpha value is -2.26. The van der Waals surface area contributed by atoms with Crippen LogP contribution in [0.5, 0.6) is 0 Å². The Kier molecular flexibility index (Phi) is 3.26. The number of halogens is 2. The number of aliphatic hydroxyl groups excluding tert-OH is 1. The average Bonchev–Trinajstić information content (AvgIpc) is 3.05. The SMILES string of the molecule is O=C1NC2(CO1)CN(C(=O)c1sc3cc(F)cc(F)c3c1CO)C2. The fraction of sp³-hybridized carbons (Fsp3) is 0.333. The number of nitrogens with zero attached hydrogens (tertiary/aromatic N) is 1. The van der Waals surface area contributed by atoms with Gasteiger partial charge in [-0.05, 0) is 6.07 Å². The van der Waals surface area contributed by atoms with Crippen LogP contribution in [-0.4, -0.2) is 47.2 Å². The lowest BCUT2D eigenvalue weighted by molar-refractivity contribution is 0.0319. The van der Waals surface area contributed by atoms with Gasteiger partial charge in [-0.15, -0.1) is 11.3 Å². The van der Waals surface area contributed by atoms with Crippen molar-refractivity contribution in [2.24, 2.45) is 0 Å². The van der Waals surface area contributed by atoms with Gasteiger partial charge in [0, 0.05) is 34.8 Å². The summed E-state index contributed by atoms with van der Waals surface area (Å²) in [5, 5.41) is 12.3. The van der Waals surface area contributed by atoms with E-state index in [4.69, 9.17) is 4.74 Å². The summed E-state index contributed by atoms with van der Waals surface area (Å²) in [5.41, 5.74) is -0.412. The number of carbonyl (C=O) groups is 2. The van der Waals surface area contributed by atoms with E-state index in [1.807, 2.05) is 0 Å². The molecular formula is C15H12F2N2O4S. The molecule has 2 N–H and O–H groups in total. The minimum absolute atomic E-state index is 0.0694. The van der Waals surface area contributed by atoms with Crippen molar-refractivity contribution in [2.75, 3.05) is 19.7 Å². The molecule has 1 spiro atoms. The number of rotatable bonds is 2. The number of ether oxygens (including phenoxy) is 1. The van der Waals surface area contributed by atoms with Gasteiger partial charge < -0.3 is 20.1 Å². The van der Waals surface area contributed by atoms with E-state index in [1.54, 1.807) is 0 Å². The number of fused-ring (bicyclic) bond motifs is 1. The number of amides is 2. The largest absolute Gasteiger partial charge is 0.447 e. The number of hydrogen-bond acceptors (Lipinski definition) is 5. The fourth-order valence-corrected chi connectivity index (χ4v) is 4.39. The molecule has 0 radical (unpaired) electrons. The second kappa shape index (κ2) is 5.12. The number of hydrogen-bond donors (Lipinski definition) is 2. The van der Waals surface area contributed by atoms with Crippen LogP contribution in [0, 0.1) is 11.6 Å². The number of aliphatic hydroxyl groups is 1. The summed E-state index contributed by atoms with van der Waals surface area (Å²) in [5.74, 6) is -1.92. The van der Waals surface area contributed by atoms with Crippen LogP contribution in [0.15, 0.2) is 12.1 Å². The Balaban J connectivity index is 1.66. The second-order valence-electron chi connectivity index (χ2n) is 5.97. The molecule has 126 valence electrons. The monoisotopic (exact) mass is 354 g/mol. The quantitative estimate of drug-likeness (QED) is 0.859. The minimum Gasteiger partial charge on any atom is -0.447 e. The second-order valence-corrected chi connectivity index (χ2v) is 7.02. The van der Waals surface area contributed by atoms with E-state index >= 15 is 0 Å². The molecule has 2 aliphatic rings. The predicted molar refractivity (Wildman–Crippen MR) is 80.8 cm³/mol. The summed E-state index contributed by atoms with van der Waals surface area (Å²) in [6, 6.07) is 1.87. The van der Waals surface area contributed by atoms with Gasteiger partial charge >= 0.3 is 6.09 Å². The van der Waals surface area contributed by atoms with Gasteiger partial charge in [-0.3, -0.25) is 4.79 Å². The van der Waals surface area contributed by atoms with Gasteiger partial charge in [0.15, 0.2) is 0 Å². The van der Waals surface area contributed by atoms with Crippen LogP contribution in [0.1, 0.15) is 15.2 Å². The molecule has 0 aliphatic carbocycles. The molecule has 1 aromatic carbocycles. The first-order chi connectivity index (χ1) is 11.4. The van der Waals surface area contributed by atoms with Crippen molar-refractivity contribution in [2.45, 2.75) is 12.1 Å².